The van der Waals surface area contributed by atoms with Gasteiger partial charge in [0.15, 0.2) is 10.9 Å². The van der Waals surface area contributed by atoms with Crippen LogP contribution in [0, 0.1) is 17.0 Å². The number of anilines is 2. The molecule has 244 valence electrons. The van der Waals surface area contributed by atoms with Gasteiger partial charge in [-0.2, -0.15) is 23.1 Å². The van der Waals surface area contributed by atoms with E-state index in [2.05, 4.69) is 30.5 Å². The average molecular weight is 664 g/mol. The van der Waals surface area contributed by atoms with Gasteiger partial charge >= 0.3 is 12.2 Å². The number of halogens is 6. The zero-order valence-corrected chi connectivity index (χ0v) is 25.4. The molecule has 0 radical (unpaired) electrons. The van der Waals surface area contributed by atoms with Crippen molar-refractivity contribution in [3.63, 3.8) is 0 Å². The molecule has 8 rings (SSSR count). The van der Waals surface area contributed by atoms with Crippen molar-refractivity contribution < 1.29 is 31.1 Å². The van der Waals surface area contributed by atoms with Crippen LogP contribution >= 0.6 is 11.3 Å². The molecule has 1 saturated carbocycles. The monoisotopic (exact) mass is 663 g/mol. The molecule has 0 unspecified atom stereocenters. The molecule has 0 bridgehead atoms. The van der Waals surface area contributed by atoms with Crippen molar-refractivity contribution in [2.24, 2.45) is 5.41 Å². The summed E-state index contributed by atoms with van der Waals surface area (Å²) in [5, 5.41) is 6.35. The summed E-state index contributed by atoms with van der Waals surface area (Å²) < 4.78 is 96.0. The van der Waals surface area contributed by atoms with Gasteiger partial charge in [0.05, 0.1) is 21.3 Å². The molecular weight excluding hydrogens is 632 g/mol. The number of benzene rings is 2. The van der Waals surface area contributed by atoms with Crippen molar-refractivity contribution >= 4 is 43.4 Å². The average Bonchev–Trinajstić information content (AvgIpc) is 3.74. The molecule has 2 aromatic carbocycles. The summed E-state index contributed by atoms with van der Waals surface area (Å²) in [6.45, 7) is 2.82. The van der Waals surface area contributed by atoms with Gasteiger partial charge in [0, 0.05) is 48.6 Å². The highest BCUT2D eigenvalue weighted by atomic mass is 32.1. The fourth-order valence-corrected chi connectivity index (χ4v) is 8.80. The summed E-state index contributed by atoms with van der Waals surface area (Å²) >= 11 is 0.762. The van der Waals surface area contributed by atoms with Gasteiger partial charge in [-0.1, -0.05) is 11.3 Å². The van der Waals surface area contributed by atoms with Crippen molar-refractivity contribution in [2.75, 3.05) is 43.8 Å². The minimum atomic E-state index is -5.00. The molecule has 4 N–H and O–H groups in total. The maximum Gasteiger partial charge on any atom is 0.417 e. The Morgan fingerprint density at radius 2 is 1.93 bits per heavy atom. The lowest BCUT2D eigenvalue weighted by Crippen LogP contribution is -2.52. The Morgan fingerprint density at radius 3 is 2.67 bits per heavy atom. The van der Waals surface area contributed by atoms with E-state index in [0.717, 1.165) is 81.3 Å². The highest BCUT2D eigenvalue weighted by Crippen LogP contribution is 2.47. The van der Waals surface area contributed by atoms with E-state index in [4.69, 9.17) is 10.5 Å². The van der Waals surface area contributed by atoms with Gasteiger partial charge in [0.2, 0.25) is 0 Å². The largest absolute Gasteiger partial charge is 0.461 e. The fraction of sp³-hybridized carbons (Fsp3) is 0.516. The first-order valence-corrected chi connectivity index (χ1v) is 16.2. The number of alkyl halides is 4. The number of nitrogens with one attached hydrogen (secondary N) is 2. The maximum absolute atomic E-state index is 16.8. The Balaban J connectivity index is 1.28. The summed E-state index contributed by atoms with van der Waals surface area (Å²) in [6, 6.07) is 2.55. The summed E-state index contributed by atoms with van der Waals surface area (Å²) in [5.41, 5.74) is 2.45. The Morgan fingerprint density at radius 1 is 1.11 bits per heavy atom. The third-order valence-electron chi connectivity index (χ3n) is 10.3. The zero-order chi connectivity index (χ0) is 32.0. The molecule has 0 amide bonds. The van der Waals surface area contributed by atoms with Crippen LogP contribution < -0.4 is 21.1 Å². The van der Waals surface area contributed by atoms with E-state index in [1.807, 2.05) is 0 Å². The van der Waals surface area contributed by atoms with Crippen LogP contribution in [0.4, 0.5) is 37.3 Å². The Kier molecular flexibility index (Phi) is 6.86. The summed E-state index contributed by atoms with van der Waals surface area (Å²) in [5.74, 6) is -1.97. The van der Waals surface area contributed by atoms with Crippen LogP contribution in [0.25, 0.3) is 32.2 Å². The number of nitrogen functional groups attached to an aromatic ring is 1. The van der Waals surface area contributed by atoms with Crippen molar-refractivity contribution in [1.82, 2.24) is 25.2 Å². The lowest BCUT2D eigenvalue weighted by atomic mass is 9.80. The molecule has 4 aliphatic rings. The van der Waals surface area contributed by atoms with Crippen LogP contribution in [0.1, 0.15) is 44.1 Å². The van der Waals surface area contributed by atoms with E-state index in [1.54, 1.807) is 0 Å². The third-order valence-corrected chi connectivity index (χ3v) is 11.2. The van der Waals surface area contributed by atoms with E-state index >= 15 is 4.39 Å². The number of aromatic nitrogens is 3. The summed E-state index contributed by atoms with van der Waals surface area (Å²) in [4.78, 5) is 14.9. The third kappa shape index (κ3) is 4.84. The molecule has 1 spiro atoms. The number of nitrogens with two attached hydrogens (primary N) is 1. The van der Waals surface area contributed by atoms with Gasteiger partial charge < -0.3 is 21.1 Å². The van der Waals surface area contributed by atoms with E-state index in [-0.39, 0.29) is 68.1 Å². The van der Waals surface area contributed by atoms with Crippen molar-refractivity contribution in [3.8, 4) is 17.1 Å². The topological polar surface area (TPSA) is 101 Å². The molecule has 2 aromatic heterocycles. The number of fused-ring (bicyclic) bond motifs is 3. The van der Waals surface area contributed by atoms with Crippen LogP contribution in [-0.4, -0.2) is 70.4 Å². The number of hydrogen-bond donors (Lipinski definition) is 3. The van der Waals surface area contributed by atoms with Gasteiger partial charge in [-0.3, -0.25) is 4.90 Å². The highest BCUT2D eigenvalue weighted by molar-refractivity contribution is 7.22. The Labute approximate surface area is 263 Å². The molecule has 1 aliphatic carbocycles. The van der Waals surface area contributed by atoms with Crippen LogP contribution in [0.3, 0.4) is 0 Å². The summed E-state index contributed by atoms with van der Waals surface area (Å²) in [7, 11) is 0. The molecule has 4 fully saturated rings. The van der Waals surface area contributed by atoms with Gasteiger partial charge in [-0.15, -0.1) is 0 Å². The minimum Gasteiger partial charge on any atom is -0.461 e. The fourth-order valence-electron chi connectivity index (χ4n) is 8.03. The number of rotatable bonds is 6. The van der Waals surface area contributed by atoms with E-state index in [9.17, 15) is 22.0 Å². The van der Waals surface area contributed by atoms with Gasteiger partial charge in [0.25, 0.3) is 0 Å². The minimum absolute atomic E-state index is 0.0306. The van der Waals surface area contributed by atoms with Crippen molar-refractivity contribution in [3.05, 3.63) is 35.4 Å². The summed E-state index contributed by atoms with van der Waals surface area (Å²) in [6.07, 6.45) is -1.62. The van der Waals surface area contributed by atoms with Crippen LogP contribution in [0.2, 0.25) is 0 Å². The van der Waals surface area contributed by atoms with E-state index in [0.29, 0.717) is 6.54 Å². The molecule has 8 nitrogen and oxygen atoms in total. The number of hydrogen-bond acceptors (Lipinski definition) is 9. The van der Waals surface area contributed by atoms with Gasteiger partial charge in [-0.25, -0.2) is 18.2 Å². The lowest BCUT2D eigenvalue weighted by molar-refractivity contribution is -0.137. The Hall–Kier alpha value is -3.43. The molecule has 3 atom stereocenters. The second-order valence-corrected chi connectivity index (χ2v) is 14.3. The molecule has 3 saturated heterocycles. The number of thiazole rings is 1. The predicted octanol–water partition coefficient (Wildman–Crippen LogP) is 6.29. The quantitative estimate of drug-likeness (QED) is 0.207. The molecule has 4 aromatic rings. The second kappa shape index (κ2) is 10.5. The normalized spacial score (nSPS) is 25.9. The first-order valence-electron chi connectivity index (χ1n) is 15.4. The molecule has 5 heterocycles. The van der Waals surface area contributed by atoms with Crippen LogP contribution in [0.5, 0.6) is 6.01 Å². The van der Waals surface area contributed by atoms with Crippen molar-refractivity contribution in [2.45, 2.75) is 62.5 Å². The van der Waals surface area contributed by atoms with Gasteiger partial charge in [-0.05, 0) is 62.3 Å². The van der Waals surface area contributed by atoms with Crippen LogP contribution in [0.15, 0.2) is 18.2 Å². The smallest absolute Gasteiger partial charge is 0.417 e. The van der Waals surface area contributed by atoms with Gasteiger partial charge in [0.1, 0.15) is 29.9 Å². The molecule has 3 aliphatic heterocycles. The number of ether oxygens (including phenoxy) is 1. The first kappa shape index (κ1) is 29.9. The predicted molar refractivity (Wildman–Crippen MR) is 163 cm³/mol. The maximum atomic E-state index is 16.8. The first-order chi connectivity index (χ1) is 21.9. The molecular formula is C31H31F6N7OS. The highest BCUT2D eigenvalue weighted by Gasteiger charge is 2.49. The Bertz CT molecular complexity index is 1860. The lowest BCUT2D eigenvalue weighted by Gasteiger charge is -2.39. The van der Waals surface area contributed by atoms with E-state index < -0.39 is 40.6 Å². The SMILES string of the molecule is Nc1nc2c(-c3c(C(F)(F)F)cc4c(N[C@@H]5CCC6(CNC6)C5)nc(OC[C@@]56CCCN5C[C@H](F)C6)nc4c3F)ccc(F)c2s1. The van der Waals surface area contributed by atoms with Crippen LogP contribution in [-0.2, 0) is 6.18 Å². The second-order valence-electron chi connectivity index (χ2n) is 13.2. The zero-order valence-electron chi connectivity index (χ0n) is 24.6. The standard InChI is InChI=1S/C31H31F6N7OS/c32-15-9-30(5-1-7-44(30)11-15)14-45-28-42-23-18(26(43-28)40-16-4-6-29(10-16)12-39-13-29)8-19(31(35,36)37)21(22(23)34)17-2-3-20(33)25-24(17)41-27(38)46-25/h2-3,8,15-16,39H,1,4-7,9-14H2,(H2,38,41)(H,40,42,43)/t15-,16-,30+/m1/s1. The molecule has 15 heteroatoms. The molecule has 46 heavy (non-hydrogen) atoms. The van der Waals surface area contributed by atoms with Crippen molar-refractivity contribution in [1.29, 1.82) is 0 Å². The van der Waals surface area contributed by atoms with E-state index in [1.165, 1.54) is 0 Å². The number of nitrogens with zero attached hydrogens (tertiary/aromatic N) is 4.